The van der Waals surface area contributed by atoms with Crippen molar-refractivity contribution in [2.45, 2.75) is 43.4 Å². The number of sulfonamides is 1. The van der Waals surface area contributed by atoms with E-state index in [1.165, 1.54) is 6.92 Å². The highest BCUT2D eigenvalue weighted by Gasteiger charge is 2.32. The number of nitrogens with one attached hydrogen (secondary N) is 1. The quantitative estimate of drug-likeness (QED) is 0.845. The first kappa shape index (κ1) is 17.9. The summed E-state index contributed by atoms with van der Waals surface area (Å²) in [6.45, 7) is 3.03. The summed E-state index contributed by atoms with van der Waals surface area (Å²) in [7, 11) is -4.10. The van der Waals surface area contributed by atoms with Crippen molar-refractivity contribution in [1.29, 1.82) is 0 Å². The van der Waals surface area contributed by atoms with Gasteiger partial charge in [-0.1, -0.05) is 19.4 Å². The van der Waals surface area contributed by atoms with Crippen molar-refractivity contribution in [2.75, 3.05) is 6.54 Å². The van der Waals surface area contributed by atoms with Gasteiger partial charge in [0.2, 0.25) is 10.0 Å². The predicted octanol–water partition coefficient (Wildman–Crippen LogP) is 2.53. The fraction of sp³-hybridized carbons (Fsp3) is 0.538. The van der Waals surface area contributed by atoms with Crippen LogP contribution in [0, 0.1) is 0 Å². The zero-order valence-electron chi connectivity index (χ0n) is 11.7. The van der Waals surface area contributed by atoms with Crippen LogP contribution in [-0.2, 0) is 16.2 Å². The summed E-state index contributed by atoms with van der Waals surface area (Å²) in [4.78, 5) is -0.482. The highest BCUT2D eigenvalue weighted by molar-refractivity contribution is 7.89. The van der Waals surface area contributed by atoms with E-state index in [0.29, 0.717) is 18.9 Å². The molecule has 21 heavy (non-hydrogen) atoms. The average Bonchev–Trinajstić information content (AvgIpc) is 2.36. The third-order valence-electron chi connectivity index (χ3n) is 2.90. The first-order valence-corrected chi connectivity index (χ1v) is 7.85. The molecule has 0 saturated heterocycles. The summed E-state index contributed by atoms with van der Waals surface area (Å²) in [6, 6.07) is 3.47. The maximum Gasteiger partial charge on any atom is 0.416 e. The van der Waals surface area contributed by atoms with Gasteiger partial charge >= 0.3 is 6.18 Å². The Balaban J connectivity index is 2.94. The molecule has 0 saturated carbocycles. The summed E-state index contributed by atoms with van der Waals surface area (Å²) in [5.74, 6) is 0. The molecule has 1 aromatic rings. The van der Waals surface area contributed by atoms with Gasteiger partial charge in [-0.3, -0.25) is 0 Å². The van der Waals surface area contributed by atoms with Gasteiger partial charge in [0.05, 0.1) is 16.1 Å². The standard InChI is InChI=1S/C13H18F3NO3S/c1-3-7-12(2,18)9-17-21(19,20)11-6-4-5-10(8-11)13(14,15)16/h4-6,8,17-18H,3,7,9H2,1-2H3. The highest BCUT2D eigenvalue weighted by Crippen LogP contribution is 2.30. The number of benzene rings is 1. The lowest BCUT2D eigenvalue weighted by molar-refractivity contribution is -0.137. The zero-order valence-corrected chi connectivity index (χ0v) is 12.6. The number of halogens is 3. The summed E-state index contributed by atoms with van der Waals surface area (Å²) < 4.78 is 63.8. The van der Waals surface area contributed by atoms with Crippen LogP contribution < -0.4 is 4.72 Å². The minimum atomic E-state index is -4.61. The van der Waals surface area contributed by atoms with Gasteiger partial charge in [0.1, 0.15) is 0 Å². The maximum atomic E-state index is 12.6. The topological polar surface area (TPSA) is 66.4 Å². The molecule has 0 aliphatic heterocycles. The molecular weight excluding hydrogens is 307 g/mol. The second-order valence-electron chi connectivity index (χ2n) is 5.10. The normalized spacial score (nSPS) is 15.7. The highest BCUT2D eigenvalue weighted by atomic mass is 32.2. The van der Waals surface area contributed by atoms with Crippen LogP contribution in [0.15, 0.2) is 29.2 Å². The molecule has 0 aliphatic rings. The molecular formula is C13H18F3NO3S. The van der Waals surface area contributed by atoms with Gasteiger partial charge in [-0.2, -0.15) is 13.2 Å². The minimum Gasteiger partial charge on any atom is -0.389 e. The zero-order chi connectivity index (χ0) is 16.3. The summed E-state index contributed by atoms with van der Waals surface area (Å²) in [5, 5.41) is 9.90. The molecule has 0 radical (unpaired) electrons. The van der Waals surface area contributed by atoms with E-state index in [2.05, 4.69) is 4.72 Å². The van der Waals surface area contributed by atoms with Crippen LogP contribution in [-0.4, -0.2) is 25.7 Å². The largest absolute Gasteiger partial charge is 0.416 e. The molecule has 0 aliphatic carbocycles. The van der Waals surface area contributed by atoms with Crippen LogP contribution in [0.4, 0.5) is 13.2 Å². The second-order valence-corrected chi connectivity index (χ2v) is 6.86. The molecule has 8 heteroatoms. The summed E-state index contributed by atoms with van der Waals surface area (Å²) >= 11 is 0. The van der Waals surface area contributed by atoms with Crippen LogP contribution in [0.2, 0.25) is 0 Å². The van der Waals surface area contributed by atoms with Gasteiger partial charge in [0.25, 0.3) is 0 Å². The monoisotopic (exact) mass is 325 g/mol. The number of aliphatic hydroxyl groups is 1. The Hall–Kier alpha value is -1.12. The van der Waals surface area contributed by atoms with Crippen molar-refractivity contribution in [1.82, 2.24) is 4.72 Å². The van der Waals surface area contributed by atoms with E-state index in [1.54, 1.807) is 0 Å². The summed E-state index contributed by atoms with van der Waals surface area (Å²) in [5.41, 5.74) is -2.28. The van der Waals surface area contributed by atoms with Crippen LogP contribution in [0.1, 0.15) is 32.3 Å². The molecule has 0 heterocycles. The molecule has 0 fully saturated rings. The Labute approximate surface area is 122 Å². The van der Waals surface area contributed by atoms with E-state index in [0.717, 1.165) is 18.2 Å². The third kappa shape index (κ3) is 5.29. The van der Waals surface area contributed by atoms with Gasteiger partial charge in [-0.25, -0.2) is 13.1 Å². The first-order chi connectivity index (χ1) is 9.48. The third-order valence-corrected chi connectivity index (χ3v) is 4.30. The van der Waals surface area contributed by atoms with E-state index in [1.807, 2.05) is 6.92 Å². The van der Waals surface area contributed by atoms with Crippen molar-refractivity contribution in [3.05, 3.63) is 29.8 Å². The lowest BCUT2D eigenvalue weighted by Gasteiger charge is -2.23. The SMILES string of the molecule is CCCC(C)(O)CNS(=O)(=O)c1cccc(C(F)(F)F)c1. The van der Waals surface area contributed by atoms with Crippen molar-refractivity contribution in [3.63, 3.8) is 0 Å². The molecule has 1 aromatic carbocycles. The van der Waals surface area contributed by atoms with Crippen molar-refractivity contribution >= 4 is 10.0 Å². The average molecular weight is 325 g/mol. The molecule has 0 bridgehead atoms. The molecule has 120 valence electrons. The van der Waals surface area contributed by atoms with Gasteiger partial charge < -0.3 is 5.11 Å². The Morgan fingerprint density at radius 1 is 1.29 bits per heavy atom. The van der Waals surface area contributed by atoms with Crippen molar-refractivity contribution in [2.24, 2.45) is 0 Å². The minimum absolute atomic E-state index is 0.264. The van der Waals surface area contributed by atoms with Gasteiger partial charge in [-0.05, 0) is 31.5 Å². The fourth-order valence-electron chi connectivity index (χ4n) is 1.80. The van der Waals surface area contributed by atoms with E-state index in [9.17, 15) is 26.7 Å². The van der Waals surface area contributed by atoms with Gasteiger partial charge in [0.15, 0.2) is 0 Å². The summed E-state index contributed by atoms with van der Waals surface area (Å²) in [6.07, 6.45) is -3.59. The van der Waals surface area contributed by atoms with Gasteiger partial charge in [0, 0.05) is 6.54 Å². The Kier molecular flexibility index (Phi) is 5.40. The fourth-order valence-corrected chi connectivity index (χ4v) is 3.01. The Morgan fingerprint density at radius 2 is 1.90 bits per heavy atom. The molecule has 1 unspecified atom stereocenters. The van der Waals surface area contributed by atoms with E-state index in [4.69, 9.17) is 0 Å². The molecule has 0 spiro atoms. The van der Waals surface area contributed by atoms with Crippen LogP contribution >= 0.6 is 0 Å². The lowest BCUT2D eigenvalue weighted by Crippen LogP contribution is -2.40. The second kappa shape index (κ2) is 6.33. The van der Waals surface area contributed by atoms with Crippen LogP contribution in [0.5, 0.6) is 0 Å². The van der Waals surface area contributed by atoms with Gasteiger partial charge in [-0.15, -0.1) is 0 Å². The molecule has 1 atom stereocenters. The predicted molar refractivity (Wildman–Crippen MR) is 72.2 cm³/mol. The van der Waals surface area contributed by atoms with Crippen molar-refractivity contribution < 1.29 is 26.7 Å². The Morgan fingerprint density at radius 3 is 2.43 bits per heavy atom. The van der Waals surface area contributed by atoms with Crippen molar-refractivity contribution in [3.8, 4) is 0 Å². The number of hydrogen-bond acceptors (Lipinski definition) is 3. The molecule has 4 nitrogen and oxygen atoms in total. The van der Waals surface area contributed by atoms with E-state index >= 15 is 0 Å². The van der Waals surface area contributed by atoms with E-state index < -0.39 is 32.3 Å². The molecule has 1 rings (SSSR count). The number of rotatable bonds is 6. The number of alkyl halides is 3. The van der Waals surface area contributed by atoms with Crippen LogP contribution in [0.25, 0.3) is 0 Å². The molecule has 2 N–H and O–H groups in total. The maximum absolute atomic E-state index is 12.6. The number of hydrogen-bond donors (Lipinski definition) is 2. The van der Waals surface area contributed by atoms with Crippen LogP contribution in [0.3, 0.4) is 0 Å². The molecule has 0 amide bonds. The molecule has 0 aromatic heterocycles. The Bertz CT molecular complexity index is 583. The van der Waals surface area contributed by atoms with E-state index in [-0.39, 0.29) is 6.54 Å². The first-order valence-electron chi connectivity index (χ1n) is 6.37. The lowest BCUT2D eigenvalue weighted by atomic mass is 10.0. The smallest absolute Gasteiger partial charge is 0.389 e.